The highest BCUT2D eigenvalue weighted by Gasteiger charge is 2.39. The summed E-state index contributed by atoms with van der Waals surface area (Å²) in [5.41, 5.74) is 0.275. The summed E-state index contributed by atoms with van der Waals surface area (Å²) < 4.78 is 5.38. The molecule has 0 spiro atoms. The number of carbonyl (C=O) groups excluding carboxylic acids is 1. The van der Waals surface area contributed by atoms with Gasteiger partial charge in [0, 0.05) is 0 Å². The lowest BCUT2D eigenvalue weighted by Gasteiger charge is -2.30. The number of rotatable bonds is 6. The first-order valence-corrected chi connectivity index (χ1v) is 8.49. The molecule has 4 atom stereocenters. The molecule has 1 N–H and O–H groups in total. The van der Waals surface area contributed by atoms with Crippen LogP contribution in [0.5, 0.6) is 0 Å². The lowest BCUT2D eigenvalue weighted by molar-refractivity contribution is -0.160. The largest absolute Gasteiger partial charge is 0.481 e. The lowest BCUT2D eigenvalue weighted by atomic mass is 9.74. The molecule has 22 heavy (non-hydrogen) atoms. The molecule has 4 heteroatoms. The number of carbonyl (C=O) groups is 2. The number of hydrogen-bond donors (Lipinski definition) is 1. The summed E-state index contributed by atoms with van der Waals surface area (Å²) in [6.07, 6.45) is 4.04. The fourth-order valence-electron chi connectivity index (χ4n) is 3.55. The average molecular weight is 312 g/mol. The van der Waals surface area contributed by atoms with E-state index in [-0.39, 0.29) is 11.4 Å². The first-order chi connectivity index (χ1) is 10.1. The van der Waals surface area contributed by atoms with Crippen molar-refractivity contribution in [2.24, 2.45) is 29.1 Å². The fourth-order valence-corrected chi connectivity index (χ4v) is 3.55. The molecule has 0 radical (unpaired) electrons. The number of hydrogen-bond acceptors (Lipinski definition) is 3. The molecule has 0 aromatic heterocycles. The normalized spacial score (nSPS) is 27.2. The predicted octanol–water partition coefficient (Wildman–Crippen LogP) is 4.13. The molecule has 0 aromatic rings. The zero-order valence-electron chi connectivity index (χ0n) is 14.7. The Morgan fingerprint density at radius 1 is 1.23 bits per heavy atom. The summed E-state index contributed by atoms with van der Waals surface area (Å²) in [5.74, 6) is -1.36. The van der Waals surface area contributed by atoms with E-state index >= 15 is 0 Å². The molecule has 1 fully saturated rings. The van der Waals surface area contributed by atoms with Crippen LogP contribution < -0.4 is 0 Å². The first kappa shape index (κ1) is 19.0. The quantitative estimate of drug-likeness (QED) is 0.749. The molecule has 1 rings (SSSR count). The van der Waals surface area contributed by atoms with Gasteiger partial charge < -0.3 is 9.84 Å². The minimum absolute atomic E-state index is 0.275. The van der Waals surface area contributed by atoms with Crippen molar-refractivity contribution < 1.29 is 19.4 Å². The number of ether oxygens (including phenoxy) is 1. The minimum atomic E-state index is -0.866. The van der Waals surface area contributed by atoms with E-state index in [9.17, 15) is 14.7 Å². The number of carboxylic acids is 1. The van der Waals surface area contributed by atoms with Crippen LogP contribution in [0.2, 0.25) is 0 Å². The van der Waals surface area contributed by atoms with Crippen molar-refractivity contribution in [3.63, 3.8) is 0 Å². The summed E-state index contributed by atoms with van der Waals surface area (Å²) in [5, 5.41) is 9.31. The van der Waals surface area contributed by atoms with Crippen LogP contribution in [-0.2, 0) is 14.3 Å². The highest BCUT2D eigenvalue weighted by atomic mass is 16.5. The SMILES string of the molecule is CC1CCC(C(=O)OCCC(C)CC(C)(C)C)C(C(=O)O)C1. The van der Waals surface area contributed by atoms with E-state index < -0.39 is 17.8 Å². The van der Waals surface area contributed by atoms with Crippen molar-refractivity contribution in [2.45, 2.75) is 66.7 Å². The smallest absolute Gasteiger partial charge is 0.309 e. The van der Waals surface area contributed by atoms with E-state index in [1.165, 1.54) is 0 Å². The molecule has 0 heterocycles. The Hall–Kier alpha value is -1.06. The third-order valence-corrected chi connectivity index (χ3v) is 4.55. The summed E-state index contributed by atoms with van der Waals surface area (Å²) in [7, 11) is 0. The Labute approximate surface area is 134 Å². The molecule has 0 aliphatic heterocycles. The second-order valence-electron chi connectivity index (χ2n) is 8.30. The van der Waals surface area contributed by atoms with E-state index in [0.29, 0.717) is 31.3 Å². The molecule has 0 amide bonds. The molecule has 0 bridgehead atoms. The molecule has 0 aromatic carbocycles. The fraction of sp³-hybridized carbons (Fsp3) is 0.889. The monoisotopic (exact) mass is 312 g/mol. The van der Waals surface area contributed by atoms with Gasteiger partial charge >= 0.3 is 11.9 Å². The van der Waals surface area contributed by atoms with Crippen LogP contribution in [0.3, 0.4) is 0 Å². The minimum Gasteiger partial charge on any atom is -0.481 e. The summed E-state index contributed by atoms with van der Waals surface area (Å²) in [6.45, 7) is 11.2. The van der Waals surface area contributed by atoms with E-state index in [2.05, 4.69) is 27.7 Å². The third-order valence-electron chi connectivity index (χ3n) is 4.55. The Morgan fingerprint density at radius 3 is 2.41 bits per heavy atom. The van der Waals surface area contributed by atoms with Crippen LogP contribution in [0.4, 0.5) is 0 Å². The van der Waals surface area contributed by atoms with Crippen molar-refractivity contribution in [2.75, 3.05) is 6.61 Å². The van der Waals surface area contributed by atoms with Gasteiger partial charge in [0.05, 0.1) is 18.4 Å². The Morgan fingerprint density at radius 2 is 1.86 bits per heavy atom. The molecule has 0 saturated heterocycles. The van der Waals surface area contributed by atoms with Crippen LogP contribution in [0.1, 0.15) is 66.7 Å². The van der Waals surface area contributed by atoms with Gasteiger partial charge in [0.15, 0.2) is 0 Å². The molecule has 1 saturated carbocycles. The number of carboxylic acid groups (broad SMARTS) is 1. The molecule has 1 aliphatic carbocycles. The first-order valence-electron chi connectivity index (χ1n) is 8.49. The van der Waals surface area contributed by atoms with E-state index in [1.54, 1.807) is 0 Å². The van der Waals surface area contributed by atoms with Crippen molar-refractivity contribution >= 4 is 11.9 Å². The van der Waals surface area contributed by atoms with Crippen LogP contribution in [0.15, 0.2) is 0 Å². The standard InChI is InChI=1S/C18H32O4/c1-12-6-7-14(15(10-12)16(19)20)17(21)22-9-8-13(2)11-18(3,4)5/h12-15H,6-11H2,1-5H3,(H,19,20). The van der Waals surface area contributed by atoms with Crippen molar-refractivity contribution in [1.29, 1.82) is 0 Å². The Bertz CT molecular complexity index is 383. The Kier molecular flexibility index (Phi) is 6.89. The van der Waals surface area contributed by atoms with Gasteiger partial charge in [-0.15, -0.1) is 0 Å². The van der Waals surface area contributed by atoms with Gasteiger partial charge in [0.25, 0.3) is 0 Å². The van der Waals surface area contributed by atoms with E-state index in [1.807, 2.05) is 6.92 Å². The second-order valence-corrected chi connectivity index (χ2v) is 8.30. The van der Waals surface area contributed by atoms with E-state index in [0.717, 1.165) is 19.3 Å². The maximum Gasteiger partial charge on any atom is 0.309 e. The van der Waals surface area contributed by atoms with Crippen LogP contribution in [0.25, 0.3) is 0 Å². The predicted molar refractivity (Wildman–Crippen MR) is 86.4 cm³/mol. The second kappa shape index (κ2) is 7.98. The van der Waals surface area contributed by atoms with Crippen LogP contribution >= 0.6 is 0 Å². The van der Waals surface area contributed by atoms with Gasteiger partial charge in [0.1, 0.15) is 0 Å². The van der Waals surface area contributed by atoms with Crippen molar-refractivity contribution in [1.82, 2.24) is 0 Å². The van der Waals surface area contributed by atoms with Crippen molar-refractivity contribution in [3.8, 4) is 0 Å². The maximum atomic E-state index is 12.2. The molecular weight excluding hydrogens is 280 g/mol. The molecule has 128 valence electrons. The highest BCUT2D eigenvalue weighted by molar-refractivity contribution is 5.81. The van der Waals surface area contributed by atoms with Gasteiger partial charge in [-0.1, -0.05) is 34.6 Å². The van der Waals surface area contributed by atoms with Gasteiger partial charge in [0.2, 0.25) is 0 Å². The van der Waals surface area contributed by atoms with Crippen LogP contribution in [-0.4, -0.2) is 23.7 Å². The zero-order valence-corrected chi connectivity index (χ0v) is 14.7. The molecular formula is C18H32O4. The molecule has 1 aliphatic rings. The van der Waals surface area contributed by atoms with Gasteiger partial charge in [-0.2, -0.15) is 0 Å². The van der Waals surface area contributed by atoms with Gasteiger partial charge in [-0.25, -0.2) is 0 Å². The number of aliphatic carboxylic acids is 1. The zero-order chi connectivity index (χ0) is 16.9. The third kappa shape index (κ3) is 6.37. The van der Waals surface area contributed by atoms with Crippen LogP contribution in [0, 0.1) is 29.1 Å². The average Bonchev–Trinajstić information content (AvgIpc) is 2.36. The molecule has 4 nitrogen and oxygen atoms in total. The highest BCUT2D eigenvalue weighted by Crippen LogP contribution is 2.35. The van der Waals surface area contributed by atoms with Gasteiger partial charge in [-0.05, 0) is 49.4 Å². The van der Waals surface area contributed by atoms with E-state index in [4.69, 9.17) is 4.74 Å². The summed E-state index contributed by atoms with van der Waals surface area (Å²) in [4.78, 5) is 23.5. The summed E-state index contributed by atoms with van der Waals surface area (Å²) >= 11 is 0. The van der Waals surface area contributed by atoms with Gasteiger partial charge in [-0.3, -0.25) is 9.59 Å². The topological polar surface area (TPSA) is 63.6 Å². The maximum absolute atomic E-state index is 12.2. The lowest BCUT2D eigenvalue weighted by Crippen LogP contribution is -2.36. The van der Waals surface area contributed by atoms with Crippen molar-refractivity contribution in [3.05, 3.63) is 0 Å². The molecule has 4 unspecified atom stereocenters. The summed E-state index contributed by atoms with van der Waals surface area (Å²) in [6, 6.07) is 0. The number of esters is 1. The Balaban J connectivity index is 2.42.